The number of benzene rings is 1. The van der Waals surface area contributed by atoms with Crippen LogP contribution in [0.3, 0.4) is 0 Å². The molecule has 0 aliphatic carbocycles. The number of hydrogen-bond acceptors (Lipinski definition) is 6. The molecule has 0 fully saturated rings. The second kappa shape index (κ2) is 10.1. The molecule has 2 amide bonds. The van der Waals surface area contributed by atoms with E-state index in [9.17, 15) is 22.8 Å². The molecule has 0 bridgehead atoms. The third-order valence-corrected chi connectivity index (χ3v) is 5.08. The summed E-state index contributed by atoms with van der Waals surface area (Å²) in [6.07, 6.45) is -2.76. The number of carbonyl (C=O) groups is 2. The summed E-state index contributed by atoms with van der Waals surface area (Å²) < 4.78 is 43.9. The number of halogens is 3. The Kier molecular flexibility index (Phi) is 7.45. The van der Waals surface area contributed by atoms with Gasteiger partial charge in [-0.3, -0.25) is 15.1 Å². The molecular weight excluding hydrogens is 481 g/mol. The van der Waals surface area contributed by atoms with Crippen LogP contribution >= 0.6 is 11.3 Å². The molecule has 2 N–H and O–H groups in total. The molecule has 2 aromatic heterocycles. The highest BCUT2D eigenvalue weighted by Crippen LogP contribution is 2.29. The van der Waals surface area contributed by atoms with E-state index in [1.54, 1.807) is 39.0 Å². The van der Waals surface area contributed by atoms with Gasteiger partial charge in [0.25, 0.3) is 5.91 Å². The quantitative estimate of drug-likeness (QED) is 0.438. The summed E-state index contributed by atoms with van der Waals surface area (Å²) >= 11 is 1.16. The van der Waals surface area contributed by atoms with Gasteiger partial charge in [-0.25, -0.2) is 9.78 Å². The van der Waals surface area contributed by atoms with Crippen molar-refractivity contribution in [1.29, 1.82) is 0 Å². The number of anilines is 2. The zero-order valence-corrected chi connectivity index (χ0v) is 20.0. The van der Waals surface area contributed by atoms with Gasteiger partial charge in [0, 0.05) is 17.4 Å². The Hall–Kier alpha value is -3.91. The number of thiazole rings is 1. The van der Waals surface area contributed by atoms with Gasteiger partial charge in [0.15, 0.2) is 5.13 Å². The van der Waals surface area contributed by atoms with Crippen LogP contribution in [-0.2, 0) is 10.9 Å². The normalized spacial score (nSPS) is 11.3. The number of pyridine rings is 1. The first-order valence-electron chi connectivity index (χ1n) is 10.2. The molecule has 2 heterocycles. The van der Waals surface area contributed by atoms with Crippen molar-refractivity contribution in [1.82, 2.24) is 9.97 Å². The number of rotatable bonds is 3. The lowest BCUT2D eigenvalue weighted by Crippen LogP contribution is -2.27. The molecule has 11 heteroatoms. The lowest BCUT2D eigenvalue weighted by molar-refractivity contribution is -0.137. The van der Waals surface area contributed by atoms with E-state index in [-0.39, 0.29) is 5.69 Å². The van der Waals surface area contributed by atoms with Crippen LogP contribution < -0.4 is 10.6 Å². The summed E-state index contributed by atoms with van der Waals surface area (Å²) in [6.45, 7) is 7.08. The van der Waals surface area contributed by atoms with E-state index in [1.165, 1.54) is 6.20 Å². The van der Waals surface area contributed by atoms with Crippen LogP contribution in [0.4, 0.5) is 28.8 Å². The molecule has 35 heavy (non-hydrogen) atoms. The minimum absolute atomic E-state index is 0.329. The number of alkyl halides is 3. The molecule has 3 aromatic rings. The van der Waals surface area contributed by atoms with Gasteiger partial charge in [0.1, 0.15) is 11.3 Å². The summed E-state index contributed by atoms with van der Waals surface area (Å²) in [6, 6.07) is 6.43. The lowest BCUT2D eigenvalue weighted by atomic mass is 10.1. The molecule has 3 rings (SSSR count). The molecule has 0 aliphatic rings. The predicted molar refractivity (Wildman–Crippen MR) is 126 cm³/mol. The number of ether oxygens (including phenoxy) is 1. The Morgan fingerprint density at radius 2 is 1.77 bits per heavy atom. The largest absolute Gasteiger partial charge is 0.444 e. The summed E-state index contributed by atoms with van der Waals surface area (Å²) in [7, 11) is 0. The van der Waals surface area contributed by atoms with Crippen molar-refractivity contribution in [3.63, 3.8) is 0 Å². The Balaban J connectivity index is 1.72. The van der Waals surface area contributed by atoms with Crippen LogP contribution in [0.5, 0.6) is 0 Å². The van der Waals surface area contributed by atoms with Crippen molar-refractivity contribution in [3.8, 4) is 11.8 Å². The van der Waals surface area contributed by atoms with Crippen molar-refractivity contribution in [2.45, 2.75) is 39.5 Å². The van der Waals surface area contributed by atoms with Crippen LogP contribution in [0, 0.1) is 18.8 Å². The molecule has 1 aromatic carbocycles. The fourth-order valence-corrected chi connectivity index (χ4v) is 3.33. The summed E-state index contributed by atoms with van der Waals surface area (Å²) in [5, 5.41) is 5.41. The fourth-order valence-electron chi connectivity index (χ4n) is 2.67. The van der Waals surface area contributed by atoms with Crippen LogP contribution in [0.1, 0.15) is 52.8 Å². The maximum atomic E-state index is 12.9. The second-order valence-electron chi connectivity index (χ2n) is 8.32. The topological polar surface area (TPSA) is 93.2 Å². The van der Waals surface area contributed by atoms with Crippen molar-refractivity contribution in [2.75, 3.05) is 10.6 Å². The number of carbonyl (C=O) groups excluding carboxylic acids is 2. The molecule has 7 nitrogen and oxygen atoms in total. The van der Waals surface area contributed by atoms with E-state index in [0.717, 1.165) is 29.2 Å². The first-order valence-corrected chi connectivity index (χ1v) is 11.0. The molecule has 0 saturated heterocycles. The average Bonchev–Trinajstić information content (AvgIpc) is 3.19. The third-order valence-electron chi connectivity index (χ3n) is 4.25. The highest BCUT2D eigenvalue weighted by molar-refractivity contribution is 7.16. The summed E-state index contributed by atoms with van der Waals surface area (Å²) in [4.78, 5) is 32.7. The number of aromatic nitrogens is 2. The van der Waals surface area contributed by atoms with Gasteiger partial charge in [-0.15, -0.1) is 0 Å². The molecule has 182 valence electrons. The Morgan fingerprint density at radius 1 is 1.03 bits per heavy atom. The van der Waals surface area contributed by atoms with E-state index < -0.39 is 29.3 Å². The Morgan fingerprint density at radius 3 is 2.46 bits per heavy atom. The van der Waals surface area contributed by atoms with E-state index >= 15 is 0 Å². The van der Waals surface area contributed by atoms with Gasteiger partial charge in [-0.05, 0) is 63.4 Å². The summed E-state index contributed by atoms with van der Waals surface area (Å²) in [5.41, 5.74) is -0.195. The highest BCUT2D eigenvalue weighted by Gasteiger charge is 2.31. The zero-order valence-electron chi connectivity index (χ0n) is 19.2. The van der Waals surface area contributed by atoms with Gasteiger partial charge in [-0.2, -0.15) is 13.2 Å². The van der Waals surface area contributed by atoms with E-state index in [0.29, 0.717) is 27.3 Å². The molecular formula is C24H21F3N4O3S. The minimum atomic E-state index is -4.58. The van der Waals surface area contributed by atoms with Crippen molar-refractivity contribution >= 4 is 34.2 Å². The molecule has 0 aliphatic heterocycles. The standard InChI is InChI=1S/C24H21F3N4O3S/c1-14-5-7-17(30-20(32)19-12-16(9-10-28-19)24(25,26)27)11-15(14)6-8-18-13-29-21(35-18)31-22(33)34-23(2,3)4/h5,7,9-13H,1-4H3,(H,30,32)(H,29,31,33). The highest BCUT2D eigenvalue weighted by atomic mass is 32.1. The van der Waals surface area contributed by atoms with Crippen LogP contribution in [0.2, 0.25) is 0 Å². The lowest BCUT2D eigenvalue weighted by Gasteiger charge is -2.18. The average molecular weight is 503 g/mol. The van der Waals surface area contributed by atoms with E-state index in [2.05, 4.69) is 32.4 Å². The fraction of sp³-hybridized carbons (Fsp3) is 0.250. The summed E-state index contributed by atoms with van der Waals surface area (Å²) in [5.74, 6) is 5.14. The SMILES string of the molecule is Cc1ccc(NC(=O)c2cc(C(F)(F)F)ccn2)cc1C#Cc1cnc(NC(=O)OC(C)(C)C)s1. The van der Waals surface area contributed by atoms with Gasteiger partial charge in [0.05, 0.1) is 16.6 Å². The Labute approximate surface area is 203 Å². The monoisotopic (exact) mass is 502 g/mol. The molecule has 0 unspecified atom stereocenters. The van der Waals surface area contributed by atoms with Gasteiger partial charge in [0.2, 0.25) is 0 Å². The molecule has 0 radical (unpaired) electrons. The zero-order chi connectivity index (χ0) is 25.8. The van der Waals surface area contributed by atoms with Crippen molar-refractivity contribution < 1.29 is 27.5 Å². The second-order valence-corrected chi connectivity index (χ2v) is 9.35. The number of aryl methyl sites for hydroxylation is 1. The third kappa shape index (κ3) is 7.55. The molecule has 0 saturated carbocycles. The van der Waals surface area contributed by atoms with Gasteiger partial charge >= 0.3 is 12.3 Å². The Bertz CT molecular complexity index is 1320. The minimum Gasteiger partial charge on any atom is -0.444 e. The van der Waals surface area contributed by atoms with Gasteiger partial charge in [-0.1, -0.05) is 23.3 Å². The van der Waals surface area contributed by atoms with Crippen LogP contribution in [-0.4, -0.2) is 27.6 Å². The van der Waals surface area contributed by atoms with E-state index in [4.69, 9.17) is 4.74 Å². The maximum Gasteiger partial charge on any atom is 0.416 e. The number of nitrogens with one attached hydrogen (secondary N) is 2. The molecule has 0 spiro atoms. The van der Waals surface area contributed by atoms with Crippen LogP contribution in [0.25, 0.3) is 0 Å². The smallest absolute Gasteiger partial charge is 0.416 e. The van der Waals surface area contributed by atoms with Crippen LogP contribution in [0.15, 0.2) is 42.7 Å². The predicted octanol–water partition coefficient (Wildman–Crippen LogP) is 5.86. The maximum absolute atomic E-state index is 12.9. The van der Waals surface area contributed by atoms with Gasteiger partial charge < -0.3 is 10.1 Å². The molecule has 0 atom stereocenters. The number of amides is 2. The number of hydrogen-bond donors (Lipinski definition) is 2. The first kappa shape index (κ1) is 25.7. The first-order chi connectivity index (χ1) is 16.3. The van der Waals surface area contributed by atoms with E-state index in [1.807, 2.05) is 6.92 Å². The number of nitrogens with zero attached hydrogens (tertiary/aromatic N) is 2. The van der Waals surface area contributed by atoms with Crippen molar-refractivity contribution in [3.05, 3.63) is 70.0 Å². The van der Waals surface area contributed by atoms with Crippen molar-refractivity contribution in [2.24, 2.45) is 0 Å².